The van der Waals surface area contributed by atoms with Gasteiger partial charge in [-0.25, -0.2) is 4.79 Å². The molecular formula is C22H23N3O4S. The number of nitrogens with zero attached hydrogens (tertiary/aromatic N) is 2. The molecule has 0 aliphatic carbocycles. The Morgan fingerprint density at radius 2 is 2.00 bits per heavy atom. The zero-order valence-corrected chi connectivity index (χ0v) is 17.3. The predicted octanol–water partition coefficient (Wildman–Crippen LogP) is 3.78. The molecule has 0 unspecified atom stereocenters. The fourth-order valence-corrected chi connectivity index (χ4v) is 4.14. The summed E-state index contributed by atoms with van der Waals surface area (Å²) in [5.74, 6) is 0.263. The first-order valence-corrected chi connectivity index (χ1v) is 10.8. The molecule has 1 saturated heterocycles. The van der Waals surface area contributed by atoms with Gasteiger partial charge in [-0.15, -0.1) is 11.3 Å². The van der Waals surface area contributed by atoms with Crippen LogP contribution < -0.4 is 5.32 Å². The third kappa shape index (κ3) is 5.07. The highest BCUT2D eigenvalue weighted by Crippen LogP contribution is 2.35. The molecule has 0 saturated carbocycles. The van der Waals surface area contributed by atoms with E-state index in [1.54, 1.807) is 22.3 Å². The van der Waals surface area contributed by atoms with E-state index in [-0.39, 0.29) is 11.8 Å². The number of alkyl carbamates (subject to hydrolysis) is 1. The topological polar surface area (TPSA) is 80.2 Å². The number of amides is 2. The Labute approximate surface area is 179 Å². The van der Waals surface area contributed by atoms with Crippen molar-refractivity contribution >= 4 is 35.3 Å². The van der Waals surface area contributed by atoms with Gasteiger partial charge >= 0.3 is 6.09 Å². The molecule has 1 aromatic carbocycles. The molecule has 7 nitrogen and oxygen atoms in total. The number of hydrogen-bond donors (Lipinski definition) is 1. The van der Waals surface area contributed by atoms with Crippen molar-refractivity contribution in [2.45, 2.75) is 31.4 Å². The SMILES string of the molecule is O=C(NCc1cccs1)OC1=NOC2(CCN(C(=O)C=Cc3ccccc3)CC2)C1. The van der Waals surface area contributed by atoms with Crippen molar-refractivity contribution in [1.29, 1.82) is 0 Å². The van der Waals surface area contributed by atoms with E-state index in [2.05, 4.69) is 10.5 Å². The van der Waals surface area contributed by atoms with Gasteiger partial charge in [-0.3, -0.25) is 4.79 Å². The van der Waals surface area contributed by atoms with Crippen LogP contribution in [0.4, 0.5) is 4.79 Å². The fourth-order valence-electron chi connectivity index (χ4n) is 3.50. The summed E-state index contributed by atoms with van der Waals surface area (Å²) in [7, 11) is 0. The molecule has 3 heterocycles. The Kier molecular flexibility index (Phi) is 6.13. The number of rotatable bonds is 4. The van der Waals surface area contributed by atoms with Crippen molar-refractivity contribution in [3.05, 3.63) is 64.4 Å². The molecule has 2 aliphatic rings. The molecular weight excluding hydrogens is 402 g/mol. The van der Waals surface area contributed by atoms with Crippen LogP contribution in [0.15, 0.2) is 59.1 Å². The molecule has 1 aromatic heterocycles. The second-order valence-corrected chi connectivity index (χ2v) is 8.36. The molecule has 1 fully saturated rings. The van der Waals surface area contributed by atoms with Gasteiger partial charge < -0.3 is 19.8 Å². The number of carbonyl (C=O) groups is 2. The Bertz CT molecular complexity index is 933. The summed E-state index contributed by atoms with van der Waals surface area (Å²) in [5, 5.41) is 8.62. The molecule has 0 atom stereocenters. The van der Waals surface area contributed by atoms with E-state index in [1.165, 1.54) is 0 Å². The van der Waals surface area contributed by atoms with Gasteiger partial charge in [0.15, 0.2) is 0 Å². The number of thiophene rings is 1. The summed E-state index contributed by atoms with van der Waals surface area (Å²) in [6.07, 6.45) is 4.60. The maximum atomic E-state index is 12.4. The second-order valence-electron chi connectivity index (χ2n) is 7.33. The molecule has 2 aliphatic heterocycles. The lowest BCUT2D eigenvalue weighted by molar-refractivity contribution is -0.131. The van der Waals surface area contributed by atoms with Crippen LogP contribution in [0, 0.1) is 0 Å². The van der Waals surface area contributed by atoms with Crippen molar-refractivity contribution in [2.75, 3.05) is 13.1 Å². The smallest absolute Gasteiger partial charge is 0.392 e. The van der Waals surface area contributed by atoms with Crippen LogP contribution in [0.2, 0.25) is 0 Å². The highest BCUT2D eigenvalue weighted by atomic mass is 32.1. The van der Waals surface area contributed by atoms with Crippen LogP contribution in [-0.4, -0.2) is 41.5 Å². The highest BCUT2D eigenvalue weighted by molar-refractivity contribution is 7.09. The van der Waals surface area contributed by atoms with E-state index in [0.717, 1.165) is 10.4 Å². The Morgan fingerprint density at radius 3 is 2.73 bits per heavy atom. The predicted molar refractivity (Wildman–Crippen MR) is 115 cm³/mol. The molecule has 1 spiro atoms. The highest BCUT2D eigenvalue weighted by Gasteiger charge is 2.44. The molecule has 4 rings (SSSR count). The molecule has 2 amide bonds. The van der Waals surface area contributed by atoms with Crippen LogP contribution in [0.1, 0.15) is 29.7 Å². The first-order valence-electron chi connectivity index (χ1n) is 9.87. The summed E-state index contributed by atoms with van der Waals surface area (Å²) in [4.78, 5) is 32.9. The zero-order valence-electron chi connectivity index (χ0n) is 16.5. The molecule has 0 bridgehead atoms. The number of oxime groups is 1. The minimum Gasteiger partial charge on any atom is -0.392 e. The average Bonchev–Trinajstić information content (AvgIpc) is 3.42. The number of nitrogens with one attached hydrogen (secondary N) is 1. The van der Waals surface area contributed by atoms with E-state index in [0.29, 0.717) is 38.9 Å². The van der Waals surface area contributed by atoms with Crippen LogP contribution in [0.25, 0.3) is 6.08 Å². The number of piperidine rings is 1. The minimum atomic E-state index is -0.540. The number of hydrogen-bond acceptors (Lipinski definition) is 6. The lowest BCUT2D eigenvalue weighted by Gasteiger charge is -2.36. The fraction of sp³-hybridized carbons (Fsp3) is 0.318. The van der Waals surface area contributed by atoms with Gasteiger partial charge in [0.2, 0.25) is 11.8 Å². The molecule has 8 heteroatoms. The summed E-state index contributed by atoms with van der Waals surface area (Å²) >= 11 is 1.57. The van der Waals surface area contributed by atoms with Crippen LogP contribution >= 0.6 is 11.3 Å². The van der Waals surface area contributed by atoms with Gasteiger partial charge in [0.1, 0.15) is 5.60 Å². The maximum Gasteiger partial charge on any atom is 0.414 e. The average molecular weight is 426 g/mol. The van der Waals surface area contributed by atoms with E-state index in [4.69, 9.17) is 9.57 Å². The normalized spacial score (nSPS) is 17.6. The molecule has 2 aromatic rings. The van der Waals surface area contributed by atoms with Gasteiger partial charge in [0, 0.05) is 36.9 Å². The number of carbonyl (C=O) groups excluding carboxylic acids is 2. The summed E-state index contributed by atoms with van der Waals surface area (Å²) < 4.78 is 5.29. The van der Waals surface area contributed by atoms with E-state index >= 15 is 0 Å². The van der Waals surface area contributed by atoms with Crippen LogP contribution in [0.5, 0.6) is 0 Å². The lowest BCUT2D eigenvalue weighted by Crippen LogP contribution is -2.46. The monoisotopic (exact) mass is 425 g/mol. The van der Waals surface area contributed by atoms with Gasteiger partial charge in [-0.05, 0) is 23.1 Å². The lowest BCUT2D eigenvalue weighted by atomic mass is 9.88. The van der Waals surface area contributed by atoms with Crippen molar-refractivity contribution in [2.24, 2.45) is 5.16 Å². The summed E-state index contributed by atoms with van der Waals surface area (Å²) in [6, 6.07) is 13.6. The van der Waals surface area contributed by atoms with Gasteiger partial charge in [0.05, 0.1) is 13.0 Å². The Balaban J connectivity index is 1.22. The van der Waals surface area contributed by atoms with Crippen molar-refractivity contribution < 1.29 is 19.2 Å². The number of ether oxygens (including phenoxy) is 1. The summed E-state index contributed by atoms with van der Waals surface area (Å²) in [5.41, 5.74) is 0.495. The van der Waals surface area contributed by atoms with Crippen molar-refractivity contribution in [3.63, 3.8) is 0 Å². The van der Waals surface area contributed by atoms with E-state index in [1.807, 2.05) is 53.9 Å². The Morgan fingerprint density at radius 1 is 1.20 bits per heavy atom. The van der Waals surface area contributed by atoms with E-state index < -0.39 is 11.7 Å². The first-order chi connectivity index (χ1) is 14.6. The van der Waals surface area contributed by atoms with Crippen LogP contribution in [-0.2, 0) is 20.9 Å². The van der Waals surface area contributed by atoms with Crippen molar-refractivity contribution in [3.8, 4) is 0 Å². The largest absolute Gasteiger partial charge is 0.414 e. The minimum absolute atomic E-state index is 0.0166. The number of likely N-dealkylation sites (tertiary alicyclic amines) is 1. The third-order valence-corrected chi connectivity index (χ3v) is 6.09. The quantitative estimate of drug-likeness (QED) is 0.756. The van der Waals surface area contributed by atoms with Crippen molar-refractivity contribution in [1.82, 2.24) is 10.2 Å². The standard InChI is InChI=1S/C22H23N3O4S/c26-20(9-8-17-5-2-1-3-6-17)25-12-10-22(11-13-25)15-19(24-29-22)28-21(27)23-16-18-7-4-14-30-18/h1-9,14H,10-13,15-16H2,(H,23,27). The zero-order chi connectivity index (χ0) is 20.8. The van der Waals surface area contributed by atoms with E-state index in [9.17, 15) is 9.59 Å². The molecule has 1 N–H and O–H groups in total. The van der Waals surface area contributed by atoms with Gasteiger partial charge in [0.25, 0.3) is 0 Å². The molecule has 156 valence electrons. The molecule has 0 radical (unpaired) electrons. The van der Waals surface area contributed by atoms with Gasteiger partial charge in [-0.2, -0.15) is 0 Å². The second kappa shape index (κ2) is 9.13. The Hall–Kier alpha value is -3.13. The maximum absolute atomic E-state index is 12.4. The number of benzene rings is 1. The van der Waals surface area contributed by atoms with Gasteiger partial charge in [-0.1, -0.05) is 41.6 Å². The summed E-state index contributed by atoms with van der Waals surface area (Å²) in [6.45, 7) is 1.57. The van der Waals surface area contributed by atoms with Crippen LogP contribution in [0.3, 0.4) is 0 Å². The molecule has 30 heavy (non-hydrogen) atoms. The first kappa shape index (κ1) is 20.2. The third-order valence-electron chi connectivity index (χ3n) is 5.22.